The molecular weight excluding hydrogens is 208 g/mol. The van der Waals surface area contributed by atoms with Gasteiger partial charge in [0.2, 0.25) is 0 Å². The molecule has 0 radical (unpaired) electrons. The summed E-state index contributed by atoms with van der Waals surface area (Å²) in [6.07, 6.45) is 1.04. The predicted octanol–water partition coefficient (Wildman–Crippen LogP) is 2.57. The number of hydrogen-bond donors (Lipinski definition) is 1. The topological polar surface area (TPSA) is 18.5 Å². The quantitative estimate of drug-likeness (QED) is 0.569. The summed E-state index contributed by atoms with van der Waals surface area (Å²) in [5.41, 5.74) is 1.30. The maximum absolute atomic E-state index is 5.55. The molecular formula is C12H18O2S. The molecule has 0 aromatic heterocycles. The van der Waals surface area contributed by atoms with Crippen molar-refractivity contribution in [3.8, 4) is 5.75 Å². The van der Waals surface area contributed by atoms with Gasteiger partial charge in [0.25, 0.3) is 0 Å². The average molecular weight is 226 g/mol. The zero-order valence-corrected chi connectivity index (χ0v) is 10.0. The van der Waals surface area contributed by atoms with Gasteiger partial charge in [-0.15, -0.1) is 0 Å². The molecule has 0 unspecified atom stereocenters. The average Bonchev–Trinajstić information content (AvgIpc) is 2.29. The zero-order valence-electron chi connectivity index (χ0n) is 9.11. The van der Waals surface area contributed by atoms with Gasteiger partial charge in [-0.1, -0.05) is 19.1 Å². The van der Waals surface area contributed by atoms with Crippen LogP contribution in [-0.2, 0) is 11.2 Å². The molecule has 2 nitrogen and oxygen atoms in total. The Morgan fingerprint density at radius 2 is 2.07 bits per heavy atom. The van der Waals surface area contributed by atoms with Crippen molar-refractivity contribution in [1.82, 2.24) is 0 Å². The molecule has 0 spiro atoms. The fourth-order valence-electron chi connectivity index (χ4n) is 1.24. The normalized spacial score (nSPS) is 10.3. The molecule has 0 atom stereocenters. The molecule has 84 valence electrons. The highest BCUT2D eigenvalue weighted by Crippen LogP contribution is 2.13. The Kier molecular flexibility index (Phi) is 6.28. The maximum atomic E-state index is 5.55. The van der Waals surface area contributed by atoms with E-state index in [-0.39, 0.29) is 0 Å². The van der Waals surface area contributed by atoms with Crippen molar-refractivity contribution in [3.63, 3.8) is 0 Å². The van der Waals surface area contributed by atoms with Crippen LogP contribution in [0.2, 0.25) is 0 Å². The second-order valence-corrected chi connectivity index (χ2v) is 3.63. The second kappa shape index (κ2) is 7.60. The summed E-state index contributed by atoms with van der Waals surface area (Å²) in [7, 11) is 0. The lowest BCUT2D eigenvalue weighted by Crippen LogP contribution is -2.08. The second-order valence-electron chi connectivity index (χ2n) is 3.19. The van der Waals surface area contributed by atoms with E-state index in [1.54, 1.807) is 0 Å². The van der Waals surface area contributed by atoms with Crippen LogP contribution in [0, 0.1) is 0 Å². The van der Waals surface area contributed by atoms with Crippen molar-refractivity contribution >= 4 is 12.6 Å². The van der Waals surface area contributed by atoms with Gasteiger partial charge in [-0.05, 0) is 24.1 Å². The van der Waals surface area contributed by atoms with Crippen molar-refractivity contribution in [2.75, 3.05) is 25.6 Å². The van der Waals surface area contributed by atoms with Crippen molar-refractivity contribution in [2.45, 2.75) is 13.3 Å². The van der Waals surface area contributed by atoms with Crippen LogP contribution in [0.1, 0.15) is 12.5 Å². The van der Waals surface area contributed by atoms with Crippen LogP contribution < -0.4 is 4.74 Å². The summed E-state index contributed by atoms with van der Waals surface area (Å²) in [5.74, 6) is 1.68. The SMILES string of the molecule is CCc1cccc(OCCOCCS)c1. The number of benzene rings is 1. The Morgan fingerprint density at radius 3 is 2.80 bits per heavy atom. The van der Waals surface area contributed by atoms with Crippen LogP contribution in [0.25, 0.3) is 0 Å². The molecule has 0 N–H and O–H groups in total. The van der Waals surface area contributed by atoms with Gasteiger partial charge in [0, 0.05) is 5.75 Å². The number of hydrogen-bond acceptors (Lipinski definition) is 3. The van der Waals surface area contributed by atoms with Crippen molar-refractivity contribution in [3.05, 3.63) is 29.8 Å². The van der Waals surface area contributed by atoms with Crippen molar-refractivity contribution in [1.29, 1.82) is 0 Å². The van der Waals surface area contributed by atoms with Gasteiger partial charge in [0.1, 0.15) is 12.4 Å². The minimum Gasteiger partial charge on any atom is -0.491 e. The fraction of sp³-hybridized carbons (Fsp3) is 0.500. The third kappa shape index (κ3) is 5.09. The summed E-state index contributed by atoms with van der Waals surface area (Å²) >= 11 is 4.05. The molecule has 3 heteroatoms. The third-order valence-electron chi connectivity index (χ3n) is 2.04. The smallest absolute Gasteiger partial charge is 0.119 e. The largest absolute Gasteiger partial charge is 0.491 e. The van der Waals surface area contributed by atoms with Crippen LogP contribution in [0.4, 0.5) is 0 Å². The Bertz CT molecular complexity index is 276. The lowest BCUT2D eigenvalue weighted by molar-refractivity contribution is 0.112. The van der Waals surface area contributed by atoms with E-state index in [1.165, 1.54) is 5.56 Å². The van der Waals surface area contributed by atoms with E-state index in [0.29, 0.717) is 19.8 Å². The van der Waals surface area contributed by atoms with Gasteiger partial charge in [-0.3, -0.25) is 0 Å². The first kappa shape index (κ1) is 12.4. The molecule has 1 aromatic rings. The number of ether oxygens (including phenoxy) is 2. The van der Waals surface area contributed by atoms with Crippen molar-refractivity contribution < 1.29 is 9.47 Å². The van der Waals surface area contributed by atoms with Crippen LogP contribution in [0.3, 0.4) is 0 Å². The highest BCUT2D eigenvalue weighted by molar-refractivity contribution is 7.80. The number of aryl methyl sites for hydroxylation is 1. The monoisotopic (exact) mass is 226 g/mol. The first-order valence-electron chi connectivity index (χ1n) is 5.27. The van der Waals surface area contributed by atoms with Gasteiger partial charge in [0.15, 0.2) is 0 Å². The first-order valence-corrected chi connectivity index (χ1v) is 5.90. The van der Waals surface area contributed by atoms with Crippen LogP contribution in [0.15, 0.2) is 24.3 Å². The van der Waals surface area contributed by atoms with E-state index >= 15 is 0 Å². The van der Waals surface area contributed by atoms with Gasteiger partial charge in [-0.2, -0.15) is 12.6 Å². The molecule has 0 aliphatic rings. The predicted molar refractivity (Wildman–Crippen MR) is 66.0 cm³/mol. The van der Waals surface area contributed by atoms with Gasteiger partial charge in [-0.25, -0.2) is 0 Å². The molecule has 0 amide bonds. The lowest BCUT2D eigenvalue weighted by atomic mass is 10.2. The van der Waals surface area contributed by atoms with E-state index < -0.39 is 0 Å². The highest BCUT2D eigenvalue weighted by Gasteiger charge is 1.95. The molecule has 0 fully saturated rings. The summed E-state index contributed by atoms with van der Waals surface area (Å²) in [4.78, 5) is 0. The van der Waals surface area contributed by atoms with Gasteiger partial charge >= 0.3 is 0 Å². The molecule has 0 bridgehead atoms. The van der Waals surface area contributed by atoms with Gasteiger partial charge in [0.05, 0.1) is 13.2 Å². The third-order valence-corrected chi connectivity index (χ3v) is 2.22. The summed E-state index contributed by atoms with van der Waals surface area (Å²) in [5, 5.41) is 0. The molecule has 0 aliphatic heterocycles. The molecule has 0 saturated carbocycles. The van der Waals surface area contributed by atoms with E-state index in [2.05, 4.69) is 31.7 Å². The molecule has 1 rings (SSSR count). The van der Waals surface area contributed by atoms with E-state index in [9.17, 15) is 0 Å². The van der Waals surface area contributed by atoms with Gasteiger partial charge < -0.3 is 9.47 Å². The molecule has 0 aliphatic carbocycles. The summed E-state index contributed by atoms with van der Waals surface area (Å²) < 4.78 is 10.8. The molecule has 15 heavy (non-hydrogen) atoms. The number of thiol groups is 1. The Labute approximate surface area is 97.0 Å². The summed E-state index contributed by atoms with van der Waals surface area (Å²) in [6, 6.07) is 8.16. The molecule has 0 heterocycles. The van der Waals surface area contributed by atoms with Crippen molar-refractivity contribution in [2.24, 2.45) is 0 Å². The maximum Gasteiger partial charge on any atom is 0.119 e. The zero-order chi connectivity index (χ0) is 10.9. The lowest BCUT2D eigenvalue weighted by Gasteiger charge is -2.07. The highest BCUT2D eigenvalue weighted by atomic mass is 32.1. The van der Waals surface area contributed by atoms with Crippen LogP contribution >= 0.6 is 12.6 Å². The Hall–Kier alpha value is -0.670. The fourth-order valence-corrected chi connectivity index (χ4v) is 1.37. The minimum absolute atomic E-state index is 0.598. The Balaban J connectivity index is 2.24. The summed E-state index contributed by atoms with van der Waals surface area (Å²) in [6.45, 7) is 4.04. The molecule has 1 aromatic carbocycles. The van der Waals surface area contributed by atoms with E-state index in [0.717, 1.165) is 17.9 Å². The van der Waals surface area contributed by atoms with E-state index in [1.807, 2.05) is 12.1 Å². The number of rotatable bonds is 7. The van der Waals surface area contributed by atoms with Crippen LogP contribution in [0.5, 0.6) is 5.75 Å². The standard InChI is InChI=1S/C12H18O2S/c1-2-11-4-3-5-12(10-11)14-7-6-13-8-9-15/h3-5,10,15H,2,6-9H2,1H3. The minimum atomic E-state index is 0.598. The molecule has 0 saturated heterocycles. The first-order chi connectivity index (χ1) is 7.36. The van der Waals surface area contributed by atoms with Crippen LogP contribution in [-0.4, -0.2) is 25.6 Å². The Morgan fingerprint density at radius 1 is 1.20 bits per heavy atom. The van der Waals surface area contributed by atoms with E-state index in [4.69, 9.17) is 9.47 Å².